The van der Waals surface area contributed by atoms with Gasteiger partial charge < -0.3 is 10.1 Å². The van der Waals surface area contributed by atoms with Crippen LogP contribution >= 0.6 is 0 Å². The molecule has 0 aliphatic carbocycles. The van der Waals surface area contributed by atoms with Crippen LogP contribution in [-0.2, 0) is 6.54 Å². The van der Waals surface area contributed by atoms with Crippen molar-refractivity contribution in [1.29, 1.82) is 0 Å². The van der Waals surface area contributed by atoms with Crippen molar-refractivity contribution in [3.05, 3.63) is 18.1 Å². The molecule has 0 amide bonds. The smallest absolute Gasteiger partial charge is 0.232 e. The summed E-state index contributed by atoms with van der Waals surface area (Å²) >= 11 is 0. The number of rotatable bonds is 6. The number of nitrogens with zero attached hydrogens (tertiary/aromatic N) is 2. The molecule has 4 heteroatoms. The Bertz CT molecular complexity index is 316. The van der Waals surface area contributed by atoms with E-state index in [0.29, 0.717) is 17.9 Å². The average molecular weight is 237 g/mol. The quantitative estimate of drug-likeness (QED) is 0.825. The molecule has 96 valence electrons. The zero-order valence-corrected chi connectivity index (χ0v) is 11.3. The molecular weight excluding hydrogens is 214 g/mol. The highest BCUT2D eigenvalue weighted by molar-refractivity contribution is 5.07. The molecule has 0 unspecified atom stereocenters. The summed E-state index contributed by atoms with van der Waals surface area (Å²) in [5.41, 5.74) is 1.23. The summed E-state index contributed by atoms with van der Waals surface area (Å²) in [5, 5.41) is 3.20. The van der Waals surface area contributed by atoms with Crippen LogP contribution in [0.4, 0.5) is 0 Å². The number of ether oxygens (including phenoxy) is 1. The molecule has 1 heterocycles. The van der Waals surface area contributed by atoms with E-state index in [-0.39, 0.29) is 0 Å². The largest absolute Gasteiger partial charge is 0.477 e. The Morgan fingerprint density at radius 3 is 2.53 bits per heavy atom. The highest BCUT2D eigenvalue weighted by Crippen LogP contribution is 2.18. The molecule has 0 atom stereocenters. The van der Waals surface area contributed by atoms with Gasteiger partial charge in [0.05, 0.1) is 24.7 Å². The minimum absolute atomic E-state index is 0.290. The lowest BCUT2D eigenvalue weighted by molar-refractivity contribution is 0.235. The van der Waals surface area contributed by atoms with Gasteiger partial charge >= 0.3 is 0 Å². The topological polar surface area (TPSA) is 47.0 Å². The van der Waals surface area contributed by atoms with Gasteiger partial charge in [-0.15, -0.1) is 0 Å². The predicted octanol–water partition coefficient (Wildman–Crippen LogP) is 2.40. The van der Waals surface area contributed by atoms with Crippen LogP contribution in [0.25, 0.3) is 0 Å². The molecule has 0 fully saturated rings. The summed E-state index contributed by atoms with van der Waals surface area (Å²) in [6.07, 6.45) is 4.46. The van der Waals surface area contributed by atoms with E-state index in [4.69, 9.17) is 4.74 Å². The van der Waals surface area contributed by atoms with Crippen molar-refractivity contribution in [2.45, 2.75) is 40.7 Å². The lowest BCUT2D eigenvalue weighted by Gasteiger charge is -2.17. The first-order valence-corrected chi connectivity index (χ1v) is 6.16. The van der Waals surface area contributed by atoms with Gasteiger partial charge in [0, 0.05) is 6.54 Å². The predicted molar refractivity (Wildman–Crippen MR) is 69.0 cm³/mol. The summed E-state index contributed by atoms with van der Waals surface area (Å²) in [6.45, 7) is 11.0. The number of aromatic nitrogens is 2. The molecule has 0 aliphatic rings. The van der Waals surface area contributed by atoms with Gasteiger partial charge in [0.15, 0.2) is 0 Å². The molecule has 0 aromatic carbocycles. The maximum Gasteiger partial charge on any atom is 0.232 e. The van der Waals surface area contributed by atoms with E-state index in [9.17, 15) is 0 Å². The maximum absolute atomic E-state index is 5.55. The summed E-state index contributed by atoms with van der Waals surface area (Å²) in [6, 6.07) is 0. The third-order valence-electron chi connectivity index (χ3n) is 2.34. The first kappa shape index (κ1) is 13.9. The Hall–Kier alpha value is -1.16. The fourth-order valence-corrected chi connectivity index (χ4v) is 1.22. The third kappa shape index (κ3) is 6.22. The highest BCUT2D eigenvalue weighted by Gasteiger charge is 2.10. The standard InChI is InChI=1S/C13H23N3O/c1-5-14-8-11-9-16-12(10-15-11)17-7-6-13(2,3)4/h9-10,14H,5-8H2,1-4H3. The molecule has 1 N–H and O–H groups in total. The van der Waals surface area contributed by atoms with Gasteiger partial charge in [0.2, 0.25) is 5.88 Å². The first-order chi connectivity index (χ1) is 8.01. The van der Waals surface area contributed by atoms with Gasteiger partial charge in [-0.2, -0.15) is 0 Å². The molecule has 1 rings (SSSR count). The Morgan fingerprint density at radius 1 is 1.24 bits per heavy atom. The molecule has 1 aromatic heterocycles. The lowest BCUT2D eigenvalue weighted by atomic mass is 9.93. The monoisotopic (exact) mass is 237 g/mol. The molecule has 0 spiro atoms. The second kappa shape index (κ2) is 6.55. The Balaban J connectivity index is 2.35. The van der Waals surface area contributed by atoms with Crippen LogP contribution in [-0.4, -0.2) is 23.1 Å². The summed E-state index contributed by atoms with van der Waals surface area (Å²) in [7, 11) is 0. The van der Waals surface area contributed by atoms with Gasteiger partial charge in [-0.3, -0.25) is 4.98 Å². The second-order valence-electron chi connectivity index (χ2n) is 5.29. The molecular formula is C13H23N3O. The van der Waals surface area contributed by atoms with Crippen LogP contribution in [0.15, 0.2) is 12.4 Å². The Kier molecular flexibility index (Phi) is 5.35. The van der Waals surface area contributed by atoms with Crippen molar-refractivity contribution < 1.29 is 4.74 Å². The lowest BCUT2D eigenvalue weighted by Crippen LogP contribution is -2.14. The fraction of sp³-hybridized carbons (Fsp3) is 0.692. The van der Waals surface area contributed by atoms with E-state index in [0.717, 1.165) is 25.2 Å². The summed E-state index contributed by atoms with van der Waals surface area (Å²) in [5.74, 6) is 0.606. The molecule has 4 nitrogen and oxygen atoms in total. The normalized spacial score (nSPS) is 11.5. The Morgan fingerprint density at radius 2 is 2.00 bits per heavy atom. The van der Waals surface area contributed by atoms with E-state index in [1.165, 1.54) is 0 Å². The van der Waals surface area contributed by atoms with Gasteiger partial charge in [-0.1, -0.05) is 27.7 Å². The van der Waals surface area contributed by atoms with Gasteiger partial charge in [0.1, 0.15) is 0 Å². The maximum atomic E-state index is 5.55. The minimum Gasteiger partial charge on any atom is -0.477 e. The van der Waals surface area contributed by atoms with Crippen molar-refractivity contribution in [2.75, 3.05) is 13.2 Å². The molecule has 0 aliphatic heterocycles. The SMILES string of the molecule is CCNCc1cnc(OCCC(C)(C)C)cn1. The second-order valence-corrected chi connectivity index (χ2v) is 5.29. The molecule has 0 saturated carbocycles. The zero-order chi connectivity index (χ0) is 12.7. The van der Waals surface area contributed by atoms with Crippen molar-refractivity contribution >= 4 is 0 Å². The number of hydrogen-bond donors (Lipinski definition) is 1. The molecule has 1 aromatic rings. The molecule has 0 saturated heterocycles. The van der Waals surface area contributed by atoms with E-state index >= 15 is 0 Å². The summed E-state index contributed by atoms with van der Waals surface area (Å²) < 4.78 is 5.55. The third-order valence-corrected chi connectivity index (χ3v) is 2.34. The minimum atomic E-state index is 0.290. The van der Waals surface area contributed by atoms with E-state index in [1.807, 2.05) is 0 Å². The van der Waals surface area contributed by atoms with E-state index in [1.54, 1.807) is 12.4 Å². The van der Waals surface area contributed by atoms with Crippen molar-refractivity contribution in [2.24, 2.45) is 5.41 Å². The van der Waals surface area contributed by atoms with Crippen LogP contribution in [0.1, 0.15) is 39.8 Å². The van der Waals surface area contributed by atoms with Gasteiger partial charge in [-0.25, -0.2) is 4.98 Å². The molecule has 0 radical (unpaired) electrons. The van der Waals surface area contributed by atoms with Crippen molar-refractivity contribution in [3.63, 3.8) is 0 Å². The first-order valence-electron chi connectivity index (χ1n) is 6.16. The van der Waals surface area contributed by atoms with Crippen LogP contribution in [0.3, 0.4) is 0 Å². The van der Waals surface area contributed by atoms with Crippen LogP contribution in [0.2, 0.25) is 0 Å². The van der Waals surface area contributed by atoms with E-state index < -0.39 is 0 Å². The van der Waals surface area contributed by atoms with Crippen LogP contribution < -0.4 is 10.1 Å². The number of hydrogen-bond acceptors (Lipinski definition) is 4. The van der Waals surface area contributed by atoms with Crippen LogP contribution in [0.5, 0.6) is 5.88 Å². The van der Waals surface area contributed by atoms with E-state index in [2.05, 4.69) is 43.0 Å². The molecule has 17 heavy (non-hydrogen) atoms. The molecule has 0 bridgehead atoms. The highest BCUT2D eigenvalue weighted by atomic mass is 16.5. The average Bonchev–Trinajstić information content (AvgIpc) is 2.26. The van der Waals surface area contributed by atoms with Crippen molar-refractivity contribution in [3.8, 4) is 5.88 Å². The summed E-state index contributed by atoms with van der Waals surface area (Å²) in [4.78, 5) is 8.51. The van der Waals surface area contributed by atoms with Gasteiger partial charge in [-0.05, 0) is 18.4 Å². The Labute approximate surface area is 104 Å². The number of nitrogens with one attached hydrogen (secondary N) is 1. The van der Waals surface area contributed by atoms with Gasteiger partial charge in [0.25, 0.3) is 0 Å². The fourth-order valence-electron chi connectivity index (χ4n) is 1.22. The van der Waals surface area contributed by atoms with Crippen molar-refractivity contribution in [1.82, 2.24) is 15.3 Å². The van der Waals surface area contributed by atoms with Crippen LogP contribution in [0, 0.1) is 5.41 Å². The zero-order valence-electron chi connectivity index (χ0n) is 11.3.